The van der Waals surface area contributed by atoms with Gasteiger partial charge < -0.3 is 10.0 Å². The normalized spacial score (nSPS) is 18.1. The van der Waals surface area contributed by atoms with Crippen molar-refractivity contribution >= 4 is 28.4 Å². The van der Waals surface area contributed by atoms with Crippen LogP contribution in [0.5, 0.6) is 0 Å². The second-order valence-electron chi connectivity index (χ2n) is 5.05. The van der Waals surface area contributed by atoms with Crippen molar-refractivity contribution in [3.05, 3.63) is 40.4 Å². The molecule has 1 unspecified atom stereocenters. The minimum atomic E-state index is -0.874. The van der Waals surface area contributed by atoms with Gasteiger partial charge in [0, 0.05) is 24.5 Å². The van der Waals surface area contributed by atoms with Crippen LogP contribution in [0.2, 0.25) is 0 Å². The van der Waals surface area contributed by atoms with Crippen molar-refractivity contribution in [1.29, 1.82) is 0 Å². The summed E-state index contributed by atoms with van der Waals surface area (Å²) in [4.78, 5) is 27.9. The summed E-state index contributed by atoms with van der Waals surface area (Å²) >= 11 is 0. The van der Waals surface area contributed by atoms with E-state index in [-0.39, 0.29) is 18.1 Å². The molecule has 21 heavy (non-hydrogen) atoms. The highest BCUT2D eigenvalue weighted by atomic mass is 16.6. The molecule has 1 aromatic carbocycles. The lowest BCUT2D eigenvalue weighted by Crippen LogP contribution is -2.24. The number of carbonyl (C=O) groups is 1. The highest BCUT2D eigenvalue weighted by molar-refractivity contribution is 5.85. The fourth-order valence-corrected chi connectivity index (χ4v) is 2.62. The van der Waals surface area contributed by atoms with Crippen LogP contribution in [0.1, 0.15) is 6.42 Å². The Labute approximate surface area is 120 Å². The van der Waals surface area contributed by atoms with Gasteiger partial charge in [-0.15, -0.1) is 0 Å². The van der Waals surface area contributed by atoms with Gasteiger partial charge in [-0.2, -0.15) is 0 Å². The molecule has 7 nitrogen and oxygen atoms in total. The van der Waals surface area contributed by atoms with E-state index in [1.54, 1.807) is 23.1 Å². The summed E-state index contributed by atoms with van der Waals surface area (Å²) < 4.78 is 0. The Kier molecular flexibility index (Phi) is 3.17. The van der Waals surface area contributed by atoms with Crippen LogP contribution >= 0.6 is 0 Å². The predicted molar refractivity (Wildman–Crippen MR) is 76.4 cm³/mol. The van der Waals surface area contributed by atoms with E-state index in [0.717, 1.165) is 0 Å². The maximum Gasteiger partial charge on any atom is 0.312 e. The fourth-order valence-electron chi connectivity index (χ4n) is 2.62. The maximum absolute atomic E-state index is 11.3. The van der Waals surface area contributed by atoms with Crippen LogP contribution < -0.4 is 4.90 Å². The number of carboxylic acid groups (broad SMARTS) is 1. The van der Waals surface area contributed by atoms with Gasteiger partial charge in [0.1, 0.15) is 0 Å². The molecule has 1 N–H and O–H groups in total. The summed E-state index contributed by atoms with van der Waals surface area (Å²) in [5.41, 5.74) is 0.580. The van der Waals surface area contributed by atoms with E-state index in [1.165, 1.54) is 6.07 Å². The van der Waals surface area contributed by atoms with Gasteiger partial charge in [-0.25, -0.2) is 4.98 Å². The van der Waals surface area contributed by atoms with Crippen LogP contribution in [-0.4, -0.2) is 34.1 Å². The molecule has 1 saturated heterocycles. The van der Waals surface area contributed by atoms with Crippen molar-refractivity contribution in [1.82, 2.24) is 4.98 Å². The number of fused-ring (bicyclic) bond motifs is 1. The Hall–Kier alpha value is -2.70. The van der Waals surface area contributed by atoms with E-state index in [1.807, 2.05) is 6.07 Å². The minimum Gasteiger partial charge on any atom is -0.481 e. The molecule has 1 atom stereocenters. The number of benzene rings is 1. The zero-order chi connectivity index (χ0) is 15.0. The molecule has 0 amide bonds. The number of nitro groups is 1. The highest BCUT2D eigenvalue weighted by Gasteiger charge is 2.32. The van der Waals surface area contributed by atoms with Crippen LogP contribution in [0.4, 0.5) is 11.5 Å². The van der Waals surface area contributed by atoms with E-state index in [2.05, 4.69) is 4.98 Å². The largest absolute Gasteiger partial charge is 0.481 e. The average molecular weight is 287 g/mol. The van der Waals surface area contributed by atoms with E-state index in [4.69, 9.17) is 5.11 Å². The van der Waals surface area contributed by atoms with Crippen molar-refractivity contribution in [2.45, 2.75) is 6.42 Å². The third-order valence-corrected chi connectivity index (χ3v) is 3.72. The average Bonchev–Trinajstić information content (AvgIpc) is 2.95. The van der Waals surface area contributed by atoms with E-state index in [9.17, 15) is 14.9 Å². The molecule has 0 spiro atoms. The third kappa shape index (κ3) is 2.37. The first kappa shape index (κ1) is 13.3. The number of hydrogen-bond acceptors (Lipinski definition) is 5. The number of anilines is 1. The minimum absolute atomic E-state index is 0.0836. The lowest BCUT2D eigenvalue weighted by Gasteiger charge is -2.17. The lowest BCUT2D eigenvalue weighted by molar-refractivity contribution is -0.384. The number of aromatic nitrogens is 1. The van der Waals surface area contributed by atoms with Crippen LogP contribution in [0, 0.1) is 16.0 Å². The zero-order valence-electron chi connectivity index (χ0n) is 11.1. The topological polar surface area (TPSA) is 96.6 Å². The monoisotopic (exact) mass is 287 g/mol. The quantitative estimate of drug-likeness (QED) is 0.685. The molecule has 0 radical (unpaired) electrons. The molecule has 1 aromatic heterocycles. The Morgan fingerprint density at radius 2 is 2.19 bits per heavy atom. The molecular formula is C14H13N3O4. The summed E-state index contributed by atoms with van der Waals surface area (Å²) in [7, 11) is 0. The molecule has 0 bridgehead atoms. The van der Waals surface area contributed by atoms with Gasteiger partial charge in [-0.1, -0.05) is 18.2 Å². The Bertz CT molecular complexity index is 731. The molecule has 108 valence electrons. The van der Waals surface area contributed by atoms with Gasteiger partial charge >= 0.3 is 11.7 Å². The smallest absolute Gasteiger partial charge is 0.312 e. The predicted octanol–water partition coefficient (Wildman–Crippen LogP) is 2.05. The maximum atomic E-state index is 11.3. The summed E-state index contributed by atoms with van der Waals surface area (Å²) in [6, 6.07) is 8.65. The van der Waals surface area contributed by atoms with Crippen molar-refractivity contribution in [2.24, 2.45) is 5.92 Å². The number of rotatable bonds is 3. The molecule has 2 aromatic rings. The summed E-state index contributed by atoms with van der Waals surface area (Å²) in [6.45, 7) is 0.713. The molecule has 1 fully saturated rings. The number of carboxylic acids is 1. The summed E-state index contributed by atoms with van der Waals surface area (Å²) in [5, 5.41) is 21.0. The Morgan fingerprint density at radius 1 is 1.43 bits per heavy atom. The molecule has 0 saturated carbocycles. The zero-order valence-corrected chi connectivity index (χ0v) is 11.1. The number of para-hydroxylation sites is 1. The van der Waals surface area contributed by atoms with Gasteiger partial charge in [-0.05, 0) is 12.5 Å². The van der Waals surface area contributed by atoms with Crippen molar-refractivity contribution in [2.75, 3.05) is 18.0 Å². The van der Waals surface area contributed by atoms with E-state index in [0.29, 0.717) is 23.9 Å². The first-order valence-electron chi connectivity index (χ1n) is 6.58. The van der Waals surface area contributed by atoms with Gasteiger partial charge in [0.05, 0.1) is 16.4 Å². The van der Waals surface area contributed by atoms with Gasteiger partial charge in [0.2, 0.25) is 5.82 Å². The highest BCUT2D eigenvalue weighted by Crippen LogP contribution is 2.33. The number of aliphatic carboxylic acids is 1. The van der Waals surface area contributed by atoms with Gasteiger partial charge in [0.25, 0.3) is 0 Å². The standard InChI is InChI=1S/C14H13N3O4/c18-14(19)10-5-6-16(8-10)13-12(17(20)21)7-9-3-1-2-4-11(9)15-13/h1-4,7,10H,5-6,8H2,(H,18,19). The number of pyridine rings is 1. The third-order valence-electron chi connectivity index (χ3n) is 3.72. The Balaban J connectivity index is 2.06. The molecule has 2 heterocycles. The molecule has 1 aliphatic heterocycles. The van der Waals surface area contributed by atoms with E-state index >= 15 is 0 Å². The molecular weight excluding hydrogens is 274 g/mol. The van der Waals surface area contributed by atoms with Crippen LogP contribution in [-0.2, 0) is 4.79 Å². The first-order chi connectivity index (χ1) is 10.1. The second-order valence-corrected chi connectivity index (χ2v) is 5.05. The molecule has 0 aliphatic carbocycles. The first-order valence-corrected chi connectivity index (χ1v) is 6.58. The van der Waals surface area contributed by atoms with Crippen LogP contribution in [0.25, 0.3) is 10.9 Å². The van der Waals surface area contributed by atoms with Crippen LogP contribution in [0.3, 0.4) is 0 Å². The van der Waals surface area contributed by atoms with Crippen molar-refractivity contribution in [3.63, 3.8) is 0 Å². The molecule has 7 heteroatoms. The number of hydrogen-bond donors (Lipinski definition) is 1. The van der Waals surface area contributed by atoms with E-state index < -0.39 is 16.8 Å². The van der Waals surface area contributed by atoms with Gasteiger partial charge in [-0.3, -0.25) is 14.9 Å². The molecule has 3 rings (SSSR count). The SMILES string of the molecule is O=C(O)C1CCN(c2nc3ccccc3cc2[N+](=O)[O-])C1. The van der Waals surface area contributed by atoms with Crippen molar-refractivity contribution in [3.8, 4) is 0 Å². The second kappa shape index (κ2) is 5.01. The van der Waals surface area contributed by atoms with Crippen LogP contribution in [0.15, 0.2) is 30.3 Å². The summed E-state index contributed by atoms with van der Waals surface area (Å²) in [6.07, 6.45) is 0.473. The number of nitrogens with zero attached hydrogens (tertiary/aromatic N) is 3. The summed E-state index contributed by atoms with van der Waals surface area (Å²) in [5.74, 6) is -1.12. The lowest BCUT2D eigenvalue weighted by atomic mass is 10.1. The fraction of sp³-hybridized carbons (Fsp3) is 0.286. The Morgan fingerprint density at radius 3 is 2.86 bits per heavy atom. The molecule has 1 aliphatic rings. The van der Waals surface area contributed by atoms with Crippen molar-refractivity contribution < 1.29 is 14.8 Å². The van der Waals surface area contributed by atoms with Gasteiger partial charge in [0.15, 0.2) is 0 Å².